The molecule has 0 N–H and O–H groups in total. The summed E-state index contributed by atoms with van der Waals surface area (Å²) in [4.78, 5) is 2.29. The van der Waals surface area contributed by atoms with E-state index in [9.17, 15) is 0 Å². The van der Waals surface area contributed by atoms with Crippen molar-refractivity contribution < 1.29 is 0 Å². The molecule has 0 radical (unpaired) electrons. The Kier molecular flexibility index (Phi) is 9.64. The molecule has 1 unspecified atom stereocenters. The highest BCUT2D eigenvalue weighted by molar-refractivity contribution is 5.85. The molecule has 0 amide bonds. The van der Waals surface area contributed by atoms with Gasteiger partial charge in [-0.3, -0.25) is 4.90 Å². The molecule has 1 nitrogen and oxygen atoms in total. The maximum Gasteiger partial charge on any atom is 0.0601 e. The number of hydrogen-bond acceptors (Lipinski definition) is 1. The van der Waals surface area contributed by atoms with E-state index in [1.54, 1.807) is 0 Å². The van der Waals surface area contributed by atoms with Gasteiger partial charge in [0.1, 0.15) is 0 Å². The van der Waals surface area contributed by atoms with Crippen LogP contribution in [0.25, 0.3) is 0 Å². The van der Waals surface area contributed by atoms with Gasteiger partial charge in [0.25, 0.3) is 0 Å². The van der Waals surface area contributed by atoms with Crippen molar-refractivity contribution in [1.82, 2.24) is 4.90 Å². The Labute approximate surface area is 76.6 Å². The highest BCUT2D eigenvalue weighted by atomic mass is 35.5. The third-order valence-corrected chi connectivity index (χ3v) is 1.91. The number of terminal acetylenes is 1. The second-order valence-corrected chi connectivity index (χ2v) is 2.52. The molecule has 0 aromatic carbocycles. The summed E-state index contributed by atoms with van der Waals surface area (Å²) in [6.07, 6.45) is 6.38. The van der Waals surface area contributed by atoms with Crippen molar-refractivity contribution in [2.75, 3.05) is 13.1 Å². The fourth-order valence-corrected chi connectivity index (χ4v) is 0.955. The predicted octanol–water partition coefficient (Wildman–Crippen LogP) is 2.16. The van der Waals surface area contributed by atoms with Crippen LogP contribution in [0.15, 0.2) is 0 Å². The lowest BCUT2D eigenvalue weighted by atomic mass is 10.2. The summed E-state index contributed by atoms with van der Waals surface area (Å²) in [6, 6.07) is 0.626. The van der Waals surface area contributed by atoms with Crippen molar-refractivity contribution in [2.24, 2.45) is 0 Å². The molecule has 0 aliphatic rings. The summed E-state index contributed by atoms with van der Waals surface area (Å²) in [5.74, 6) is 2.66. The van der Waals surface area contributed by atoms with Crippen LogP contribution in [0.5, 0.6) is 0 Å². The van der Waals surface area contributed by atoms with E-state index in [0.29, 0.717) is 6.04 Å². The van der Waals surface area contributed by atoms with Gasteiger partial charge in [-0.15, -0.1) is 18.8 Å². The Balaban J connectivity index is 0. The number of halogens is 1. The van der Waals surface area contributed by atoms with E-state index in [0.717, 1.165) is 13.1 Å². The number of hydrogen-bond donors (Lipinski definition) is 0. The Morgan fingerprint density at radius 3 is 2.27 bits per heavy atom. The summed E-state index contributed by atoms with van der Waals surface area (Å²) in [7, 11) is 0. The van der Waals surface area contributed by atoms with Gasteiger partial charge in [-0.05, 0) is 19.9 Å². The SMILES string of the molecule is C#CCN(CC)C(C)CC.Cl. The third kappa shape index (κ3) is 5.12. The van der Waals surface area contributed by atoms with E-state index in [-0.39, 0.29) is 12.4 Å². The molecule has 0 aliphatic heterocycles. The van der Waals surface area contributed by atoms with Crippen LogP contribution >= 0.6 is 12.4 Å². The second-order valence-electron chi connectivity index (χ2n) is 2.52. The second kappa shape index (κ2) is 7.91. The summed E-state index contributed by atoms with van der Waals surface area (Å²) in [5, 5.41) is 0. The minimum Gasteiger partial charge on any atom is -0.290 e. The minimum absolute atomic E-state index is 0. The van der Waals surface area contributed by atoms with E-state index >= 15 is 0 Å². The van der Waals surface area contributed by atoms with Gasteiger partial charge in [0.15, 0.2) is 0 Å². The zero-order valence-electron chi connectivity index (χ0n) is 7.63. The first-order chi connectivity index (χ1) is 4.76. The minimum atomic E-state index is 0. The van der Waals surface area contributed by atoms with Crippen molar-refractivity contribution in [1.29, 1.82) is 0 Å². The number of rotatable bonds is 4. The van der Waals surface area contributed by atoms with Crippen molar-refractivity contribution in [3.8, 4) is 12.3 Å². The van der Waals surface area contributed by atoms with Crippen molar-refractivity contribution >= 4 is 12.4 Å². The largest absolute Gasteiger partial charge is 0.290 e. The van der Waals surface area contributed by atoms with Crippen molar-refractivity contribution in [3.05, 3.63) is 0 Å². The molecule has 0 rings (SSSR count). The van der Waals surface area contributed by atoms with Crippen LogP contribution in [0.4, 0.5) is 0 Å². The van der Waals surface area contributed by atoms with Gasteiger partial charge in [-0.25, -0.2) is 0 Å². The average molecular weight is 176 g/mol. The fourth-order valence-electron chi connectivity index (χ4n) is 0.955. The third-order valence-electron chi connectivity index (χ3n) is 1.91. The van der Waals surface area contributed by atoms with Crippen LogP contribution in [0.3, 0.4) is 0 Å². The van der Waals surface area contributed by atoms with Crippen LogP contribution in [-0.4, -0.2) is 24.0 Å². The van der Waals surface area contributed by atoms with Gasteiger partial charge in [-0.1, -0.05) is 19.8 Å². The van der Waals surface area contributed by atoms with E-state index in [1.165, 1.54) is 6.42 Å². The Morgan fingerprint density at radius 1 is 1.45 bits per heavy atom. The van der Waals surface area contributed by atoms with Gasteiger partial charge in [0.2, 0.25) is 0 Å². The molecule has 11 heavy (non-hydrogen) atoms. The van der Waals surface area contributed by atoms with Crippen LogP contribution < -0.4 is 0 Å². The standard InChI is InChI=1S/C9H17N.ClH/c1-5-8-10(7-3)9(4)6-2;/h1,9H,6-8H2,2-4H3;1H. The molecule has 66 valence electrons. The highest BCUT2D eigenvalue weighted by Crippen LogP contribution is 2.00. The summed E-state index contributed by atoms with van der Waals surface area (Å²) >= 11 is 0. The normalized spacial score (nSPS) is 11.9. The highest BCUT2D eigenvalue weighted by Gasteiger charge is 2.06. The van der Waals surface area contributed by atoms with Crippen molar-refractivity contribution in [2.45, 2.75) is 33.2 Å². The average Bonchev–Trinajstić information content (AvgIpc) is 1.99. The van der Waals surface area contributed by atoms with E-state index in [1.807, 2.05) is 0 Å². The molecule has 0 fully saturated rings. The van der Waals surface area contributed by atoms with Gasteiger partial charge < -0.3 is 0 Å². The number of nitrogens with zero attached hydrogens (tertiary/aromatic N) is 1. The zero-order valence-corrected chi connectivity index (χ0v) is 8.45. The first-order valence-electron chi connectivity index (χ1n) is 3.93. The molecule has 0 saturated heterocycles. The topological polar surface area (TPSA) is 3.24 Å². The van der Waals surface area contributed by atoms with Crippen LogP contribution in [0, 0.1) is 12.3 Å². The Hall–Kier alpha value is -0.190. The molecule has 0 aromatic rings. The lowest BCUT2D eigenvalue weighted by Crippen LogP contribution is -2.32. The van der Waals surface area contributed by atoms with Crippen LogP contribution in [-0.2, 0) is 0 Å². The smallest absolute Gasteiger partial charge is 0.0601 e. The molecule has 1 atom stereocenters. The van der Waals surface area contributed by atoms with Crippen molar-refractivity contribution in [3.63, 3.8) is 0 Å². The fraction of sp³-hybridized carbons (Fsp3) is 0.778. The zero-order chi connectivity index (χ0) is 7.98. The predicted molar refractivity (Wildman–Crippen MR) is 53.1 cm³/mol. The van der Waals surface area contributed by atoms with E-state index in [2.05, 4.69) is 31.6 Å². The molecule has 0 heterocycles. The first kappa shape index (κ1) is 13.4. The quantitative estimate of drug-likeness (QED) is 0.592. The lowest BCUT2D eigenvalue weighted by molar-refractivity contribution is 0.242. The van der Waals surface area contributed by atoms with Crippen LogP contribution in [0.1, 0.15) is 27.2 Å². The monoisotopic (exact) mass is 175 g/mol. The van der Waals surface area contributed by atoms with Gasteiger partial charge in [-0.2, -0.15) is 0 Å². The maximum atomic E-state index is 5.21. The lowest BCUT2D eigenvalue weighted by Gasteiger charge is -2.24. The molecule has 2 heteroatoms. The molecule has 0 aliphatic carbocycles. The van der Waals surface area contributed by atoms with Gasteiger partial charge in [0.05, 0.1) is 6.54 Å². The van der Waals surface area contributed by atoms with Gasteiger partial charge >= 0.3 is 0 Å². The van der Waals surface area contributed by atoms with E-state index in [4.69, 9.17) is 6.42 Å². The first-order valence-corrected chi connectivity index (χ1v) is 3.93. The maximum absolute atomic E-state index is 5.21. The van der Waals surface area contributed by atoms with Gasteiger partial charge in [0, 0.05) is 6.04 Å². The molecule has 0 saturated carbocycles. The Morgan fingerprint density at radius 2 is 2.00 bits per heavy atom. The molecule has 0 aromatic heterocycles. The summed E-state index contributed by atoms with van der Waals surface area (Å²) < 4.78 is 0. The van der Waals surface area contributed by atoms with Crippen LogP contribution in [0.2, 0.25) is 0 Å². The van der Waals surface area contributed by atoms with E-state index < -0.39 is 0 Å². The molecular weight excluding hydrogens is 158 g/mol. The molecule has 0 spiro atoms. The summed E-state index contributed by atoms with van der Waals surface area (Å²) in [5.41, 5.74) is 0. The summed E-state index contributed by atoms with van der Waals surface area (Å²) in [6.45, 7) is 8.37. The molecule has 0 bridgehead atoms. The molecular formula is C9H18ClN. The Bertz CT molecular complexity index is 117.